The van der Waals surface area contributed by atoms with Crippen molar-refractivity contribution in [2.75, 3.05) is 26.3 Å². The molecule has 0 aromatic carbocycles. The van der Waals surface area contributed by atoms with Crippen molar-refractivity contribution >= 4 is 11.4 Å². The van der Waals surface area contributed by atoms with E-state index in [-0.39, 0.29) is 5.92 Å². The molecule has 2 aliphatic heterocycles. The maximum absolute atomic E-state index is 12.7. The summed E-state index contributed by atoms with van der Waals surface area (Å²) in [6.07, 6.45) is 3.26. The van der Waals surface area contributed by atoms with Gasteiger partial charge in [-0.2, -0.15) is 4.74 Å². The zero-order chi connectivity index (χ0) is 13.5. The van der Waals surface area contributed by atoms with Gasteiger partial charge in [-0.25, -0.2) is 4.90 Å². The van der Waals surface area contributed by atoms with Crippen LogP contribution in [0.25, 0.3) is 0 Å². The third-order valence-electron chi connectivity index (χ3n) is 4.78. The molecule has 0 bridgehead atoms. The van der Waals surface area contributed by atoms with Gasteiger partial charge in [-0.05, 0) is 12.8 Å². The molecule has 3 aliphatic rings. The Kier molecular flexibility index (Phi) is 3.22. The second kappa shape index (κ2) is 4.76. The molecule has 6 nitrogen and oxygen atoms in total. The van der Waals surface area contributed by atoms with Crippen LogP contribution < -0.4 is 0 Å². The molecule has 0 spiro atoms. The standard InChI is InChI=1S/C13H21N3O3/c1-13(15-5-7-19-8-6-15)9-10-11(14-17)3-2-4-12(10)16(13)18/h10,17H,2-9H2,1H3/b14-11-. The first kappa shape index (κ1) is 12.9. The van der Waals surface area contributed by atoms with Crippen molar-refractivity contribution in [3.05, 3.63) is 5.21 Å². The van der Waals surface area contributed by atoms with Crippen LogP contribution in [-0.4, -0.2) is 58.2 Å². The van der Waals surface area contributed by atoms with Crippen LogP contribution in [0.2, 0.25) is 0 Å². The number of hydroxylamine groups is 1. The fourth-order valence-electron chi connectivity index (χ4n) is 3.67. The first-order chi connectivity index (χ1) is 9.16. The summed E-state index contributed by atoms with van der Waals surface area (Å²) in [4.78, 5) is 2.21. The van der Waals surface area contributed by atoms with Gasteiger partial charge in [0.2, 0.25) is 5.66 Å². The number of morpholine rings is 1. The number of hydrogen-bond acceptors (Lipinski definition) is 5. The van der Waals surface area contributed by atoms with E-state index in [1.807, 2.05) is 6.92 Å². The van der Waals surface area contributed by atoms with E-state index < -0.39 is 5.66 Å². The molecule has 1 saturated carbocycles. The van der Waals surface area contributed by atoms with Gasteiger partial charge >= 0.3 is 0 Å². The lowest BCUT2D eigenvalue weighted by atomic mass is 9.83. The van der Waals surface area contributed by atoms with Gasteiger partial charge < -0.3 is 15.2 Å². The van der Waals surface area contributed by atoms with Crippen molar-refractivity contribution in [2.45, 2.75) is 38.3 Å². The summed E-state index contributed by atoms with van der Waals surface area (Å²) < 4.78 is 6.56. The van der Waals surface area contributed by atoms with E-state index in [2.05, 4.69) is 10.1 Å². The number of rotatable bonds is 1. The second-order valence-electron chi connectivity index (χ2n) is 5.80. The molecule has 0 radical (unpaired) electrons. The molecule has 0 amide bonds. The molecule has 106 valence electrons. The second-order valence-corrected chi connectivity index (χ2v) is 5.80. The molecule has 2 fully saturated rings. The van der Waals surface area contributed by atoms with Gasteiger partial charge in [0.15, 0.2) is 5.71 Å². The summed E-state index contributed by atoms with van der Waals surface area (Å²) in [5.41, 5.74) is 1.16. The van der Waals surface area contributed by atoms with Crippen molar-refractivity contribution < 1.29 is 14.7 Å². The fraction of sp³-hybridized carbons (Fsp3) is 0.846. The molecular formula is C13H21N3O3. The van der Waals surface area contributed by atoms with Gasteiger partial charge in [-0.15, -0.1) is 0 Å². The maximum atomic E-state index is 12.7. The number of nitrogens with zero attached hydrogens (tertiary/aromatic N) is 3. The SMILES string of the molecule is CC1(N2CCOCC2)CC2C(=[N+]1[O-])CCC/C2=N/O. The number of hydrogen-bond donors (Lipinski definition) is 1. The van der Waals surface area contributed by atoms with Crippen LogP contribution in [0.3, 0.4) is 0 Å². The van der Waals surface area contributed by atoms with Gasteiger partial charge in [0.05, 0.1) is 24.8 Å². The van der Waals surface area contributed by atoms with Gasteiger partial charge in [-0.3, -0.25) is 0 Å². The van der Waals surface area contributed by atoms with Gasteiger partial charge in [-0.1, -0.05) is 5.16 Å². The first-order valence-electron chi connectivity index (χ1n) is 7.03. The van der Waals surface area contributed by atoms with E-state index in [4.69, 9.17) is 9.94 Å². The van der Waals surface area contributed by atoms with Gasteiger partial charge in [0.25, 0.3) is 0 Å². The lowest BCUT2D eigenvalue weighted by Gasteiger charge is -2.38. The van der Waals surface area contributed by atoms with Crippen LogP contribution in [0.1, 0.15) is 32.6 Å². The van der Waals surface area contributed by atoms with Crippen molar-refractivity contribution in [3.63, 3.8) is 0 Å². The van der Waals surface area contributed by atoms with E-state index in [0.29, 0.717) is 13.2 Å². The Labute approximate surface area is 112 Å². The summed E-state index contributed by atoms with van der Waals surface area (Å²) in [5, 5.41) is 25.2. The Morgan fingerprint density at radius 3 is 2.84 bits per heavy atom. The van der Waals surface area contributed by atoms with E-state index in [9.17, 15) is 5.21 Å². The van der Waals surface area contributed by atoms with Crippen LogP contribution >= 0.6 is 0 Å². The molecule has 19 heavy (non-hydrogen) atoms. The average molecular weight is 267 g/mol. The first-order valence-corrected chi connectivity index (χ1v) is 7.03. The van der Waals surface area contributed by atoms with E-state index in [1.165, 1.54) is 4.74 Å². The number of fused-ring (bicyclic) bond motifs is 1. The molecule has 0 aromatic rings. The number of oxime groups is 1. The summed E-state index contributed by atoms with van der Waals surface area (Å²) in [6.45, 7) is 4.96. The van der Waals surface area contributed by atoms with Gasteiger partial charge in [0, 0.05) is 32.9 Å². The predicted molar refractivity (Wildman–Crippen MR) is 70.6 cm³/mol. The quantitative estimate of drug-likeness (QED) is 0.333. The third kappa shape index (κ3) is 1.94. The van der Waals surface area contributed by atoms with Crippen LogP contribution in [0, 0.1) is 11.1 Å². The Balaban J connectivity index is 1.90. The molecular weight excluding hydrogens is 246 g/mol. The van der Waals surface area contributed by atoms with E-state index in [1.54, 1.807) is 0 Å². The Morgan fingerprint density at radius 2 is 2.16 bits per heavy atom. The largest absolute Gasteiger partial charge is 0.622 e. The lowest BCUT2D eigenvalue weighted by Crippen LogP contribution is -2.55. The summed E-state index contributed by atoms with van der Waals surface area (Å²) in [6, 6.07) is 0. The monoisotopic (exact) mass is 267 g/mol. The number of ether oxygens (including phenoxy) is 1. The summed E-state index contributed by atoms with van der Waals surface area (Å²) >= 11 is 0. The summed E-state index contributed by atoms with van der Waals surface area (Å²) in [5.74, 6) is 0.0316. The third-order valence-corrected chi connectivity index (χ3v) is 4.78. The van der Waals surface area contributed by atoms with E-state index >= 15 is 0 Å². The van der Waals surface area contributed by atoms with Crippen LogP contribution in [0.5, 0.6) is 0 Å². The minimum absolute atomic E-state index is 0.0316. The molecule has 1 aliphatic carbocycles. The molecule has 6 heteroatoms. The molecule has 2 unspecified atom stereocenters. The normalized spacial score (nSPS) is 38.8. The van der Waals surface area contributed by atoms with Gasteiger partial charge in [0.1, 0.15) is 0 Å². The van der Waals surface area contributed by atoms with Crippen molar-refractivity contribution in [1.82, 2.24) is 4.90 Å². The van der Waals surface area contributed by atoms with Crippen LogP contribution in [0.15, 0.2) is 5.16 Å². The molecule has 2 atom stereocenters. The zero-order valence-electron chi connectivity index (χ0n) is 11.3. The zero-order valence-corrected chi connectivity index (χ0v) is 11.3. The fourth-order valence-corrected chi connectivity index (χ4v) is 3.67. The molecule has 1 saturated heterocycles. The highest BCUT2D eigenvalue weighted by atomic mass is 16.5. The van der Waals surface area contributed by atoms with E-state index in [0.717, 1.165) is 50.2 Å². The highest BCUT2D eigenvalue weighted by Gasteiger charge is 2.53. The van der Waals surface area contributed by atoms with Crippen LogP contribution in [0.4, 0.5) is 0 Å². The maximum Gasteiger partial charge on any atom is 0.227 e. The molecule has 2 heterocycles. The van der Waals surface area contributed by atoms with Crippen molar-refractivity contribution in [1.29, 1.82) is 0 Å². The average Bonchev–Trinajstić information content (AvgIpc) is 2.73. The Hall–Kier alpha value is -1.14. The highest BCUT2D eigenvalue weighted by molar-refractivity contribution is 6.08. The lowest BCUT2D eigenvalue weighted by molar-refractivity contribution is -0.572. The van der Waals surface area contributed by atoms with Crippen molar-refractivity contribution in [3.8, 4) is 0 Å². The topological polar surface area (TPSA) is 71.1 Å². The predicted octanol–water partition coefficient (Wildman–Crippen LogP) is 1.02. The molecule has 3 rings (SSSR count). The molecule has 0 aromatic heterocycles. The minimum Gasteiger partial charge on any atom is -0.622 e. The minimum atomic E-state index is -0.510. The van der Waals surface area contributed by atoms with Crippen molar-refractivity contribution in [2.24, 2.45) is 11.1 Å². The summed E-state index contributed by atoms with van der Waals surface area (Å²) in [7, 11) is 0. The highest BCUT2D eigenvalue weighted by Crippen LogP contribution is 2.38. The smallest absolute Gasteiger partial charge is 0.227 e. The van der Waals surface area contributed by atoms with Crippen LogP contribution in [-0.2, 0) is 4.74 Å². The molecule has 1 N–H and O–H groups in total. The Morgan fingerprint density at radius 1 is 1.42 bits per heavy atom. The Bertz CT molecular complexity index is 429.